The minimum Gasteiger partial charge on any atom is -0.393 e. The van der Waals surface area contributed by atoms with E-state index in [1.807, 2.05) is 18.2 Å². The number of pyridine rings is 1. The maximum absolute atomic E-state index is 6.38. The van der Waals surface area contributed by atoms with Gasteiger partial charge in [-0.3, -0.25) is 0 Å². The second-order valence-corrected chi connectivity index (χ2v) is 8.15. The van der Waals surface area contributed by atoms with Crippen LogP contribution in [0.5, 0.6) is 0 Å². The first-order valence-corrected chi connectivity index (χ1v) is 9.26. The van der Waals surface area contributed by atoms with E-state index in [1.54, 1.807) is 12.5 Å². The lowest BCUT2D eigenvalue weighted by Gasteiger charge is -2.57. The molecule has 0 atom stereocenters. The van der Waals surface area contributed by atoms with Crippen molar-refractivity contribution in [2.24, 2.45) is 17.8 Å². The number of anilines is 4. The van der Waals surface area contributed by atoms with E-state index in [1.165, 1.54) is 38.5 Å². The first-order valence-electron chi connectivity index (χ1n) is 9.26. The zero-order valence-corrected chi connectivity index (χ0v) is 14.3. The molecule has 6 nitrogen and oxygen atoms in total. The van der Waals surface area contributed by atoms with E-state index in [2.05, 4.69) is 25.6 Å². The Kier molecular flexibility index (Phi) is 3.33. The van der Waals surface area contributed by atoms with Gasteiger partial charge in [-0.1, -0.05) is 6.07 Å². The van der Waals surface area contributed by atoms with Crippen molar-refractivity contribution < 1.29 is 0 Å². The van der Waals surface area contributed by atoms with Gasteiger partial charge >= 0.3 is 0 Å². The molecule has 0 radical (unpaired) electrons. The van der Waals surface area contributed by atoms with Crippen LogP contribution >= 0.6 is 0 Å². The Hall–Kier alpha value is -2.37. The van der Waals surface area contributed by atoms with Crippen LogP contribution in [0.15, 0.2) is 30.7 Å². The van der Waals surface area contributed by atoms with Crippen molar-refractivity contribution in [1.29, 1.82) is 0 Å². The standard InChI is InChI=1S/C19H24N6/c20-16-17(24-15-3-1-2-4-21-15)22-11-23-18(16)25-19-8-12-5-13(9-19)7-14(6-12)10-19/h1-4,11-14H,5-10,20H2,(H2,21,22,23,24,25). The largest absolute Gasteiger partial charge is 0.393 e. The maximum atomic E-state index is 6.38. The normalized spacial score (nSPS) is 32.6. The van der Waals surface area contributed by atoms with Gasteiger partial charge in [-0.05, 0) is 68.4 Å². The molecule has 4 N–H and O–H groups in total. The molecule has 2 aromatic rings. The van der Waals surface area contributed by atoms with Crippen LogP contribution in [-0.2, 0) is 0 Å². The fraction of sp³-hybridized carbons (Fsp3) is 0.526. The van der Waals surface area contributed by atoms with E-state index in [0.717, 1.165) is 29.4 Å². The van der Waals surface area contributed by atoms with Gasteiger partial charge in [-0.2, -0.15) is 0 Å². The van der Waals surface area contributed by atoms with Crippen LogP contribution in [0.4, 0.5) is 23.1 Å². The van der Waals surface area contributed by atoms with E-state index >= 15 is 0 Å². The number of aromatic nitrogens is 3. The smallest absolute Gasteiger partial charge is 0.160 e. The van der Waals surface area contributed by atoms with Crippen LogP contribution in [0, 0.1) is 17.8 Å². The Morgan fingerprint density at radius 1 is 0.920 bits per heavy atom. The molecule has 4 bridgehead atoms. The van der Waals surface area contributed by atoms with E-state index in [-0.39, 0.29) is 5.54 Å². The van der Waals surface area contributed by atoms with Crippen molar-refractivity contribution in [1.82, 2.24) is 15.0 Å². The number of nitrogen functional groups attached to an aromatic ring is 1. The average molecular weight is 336 g/mol. The van der Waals surface area contributed by atoms with Crippen molar-refractivity contribution in [2.45, 2.75) is 44.1 Å². The predicted molar refractivity (Wildman–Crippen MR) is 98.5 cm³/mol. The summed E-state index contributed by atoms with van der Waals surface area (Å²) in [6.45, 7) is 0. The summed E-state index contributed by atoms with van der Waals surface area (Å²) in [4.78, 5) is 13.0. The Morgan fingerprint density at radius 2 is 1.60 bits per heavy atom. The van der Waals surface area contributed by atoms with E-state index < -0.39 is 0 Å². The fourth-order valence-corrected chi connectivity index (χ4v) is 5.67. The summed E-state index contributed by atoms with van der Waals surface area (Å²) in [6.07, 6.45) is 11.4. The lowest BCUT2D eigenvalue weighted by atomic mass is 9.53. The number of nitrogens with two attached hydrogens (primary N) is 1. The summed E-state index contributed by atoms with van der Waals surface area (Å²) < 4.78 is 0. The first kappa shape index (κ1) is 14.9. The summed E-state index contributed by atoms with van der Waals surface area (Å²) in [6, 6.07) is 5.71. The minimum atomic E-state index is 0.180. The molecule has 25 heavy (non-hydrogen) atoms. The Balaban J connectivity index is 1.40. The number of nitrogens with zero attached hydrogens (tertiary/aromatic N) is 3. The molecule has 4 saturated carbocycles. The fourth-order valence-electron chi connectivity index (χ4n) is 5.67. The molecular formula is C19H24N6. The van der Waals surface area contributed by atoms with Crippen molar-refractivity contribution in [3.63, 3.8) is 0 Å². The summed E-state index contributed by atoms with van der Waals surface area (Å²) in [7, 11) is 0. The SMILES string of the molecule is Nc1c(Nc2ccccn2)ncnc1NC12CC3CC(CC(C3)C1)C2. The highest BCUT2D eigenvalue weighted by Gasteiger charge is 2.51. The lowest BCUT2D eigenvalue weighted by molar-refractivity contribution is 0.0106. The number of rotatable bonds is 4. The molecule has 0 aromatic carbocycles. The topological polar surface area (TPSA) is 88.8 Å². The molecule has 4 fully saturated rings. The van der Waals surface area contributed by atoms with Gasteiger partial charge in [0.05, 0.1) is 0 Å². The maximum Gasteiger partial charge on any atom is 0.160 e. The van der Waals surface area contributed by atoms with Gasteiger partial charge in [0.1, 0.15) is 17.8 Å². The van der Waals surface area contributed by atoms with Crippen molar-refractivity contribution in [3.05, 3.63) is 30.7 Å². The molecule has 130 valence electrons. The molecule has 6 rings (SSSR count). The quantitative estimate of drug-likeness (QED) is 0.791. The van der Waals surface area contributed by atoms with Crippen molar-refractivity contribution in [3.8, 4) is 0 Å². The summed E-state index contributed by atoms with van der Waals surface area (Å²) in [5.74, 6) is 4.75. The molecule has 0 spiro atoms. The second-order valence-electron chi connectivity index (χ2n) is 8.15. The number of hydrogen-bond donors (Lipinski definition) is 3. The molecule has 2 heterocycles. The number of hydrogen-bond acceptors (Lipinski definition) is 6. The average Bonchev–Trinajstić information content (AvgIpc) is 2.58. The van der Waals surface area contributed by atoms with Crippen LogP contribution in [0.2, 0.25) is 0 Å². The molecule has 4 aliphatic rings. The Bertz CT molecular complexity index is 739. The predicted octanol–water partition coefficient (Wildman–Crippen LogP) is 3.58. The van der Waals surface area contributed by atoms with E-state index in [4.69, 9.17) is 5.73 Å². The summed E-state index contributed by atoms with van der Waals surface area (Å²) in [5.41, 5.74) is 7.14. The summed E-state index contributed by atoms with van der Waals surface area (Å²) in [5, 5.41) is 6.94. The van der Waals surface area contributed by atoms with Crippen LogP contribution in [0.1, 0.15) is 38.5 Å². The van der Waals surface area contributed by atoms with Gasteiger partial charge in [0.25, 0.3) is 0 Å². The first-order chi connectivity index (χ1) is 12.2. The van der Waals surface area contributed by atoms with Gasteiger partial charge < -0.3 is 16.4 Å². The Labute approximate surface area is 147 Å². The molecule has 0 amide bonds. The van der Waals surface area contributed by atoms with Gasteiger partial charge in [0.2, 0.25) is 0 Å². The molecule has 0 unspecified atom stereocenters. The zero-order chi connectivity index (χ0) is 16.9. The Morgan fingerprint density at radius 3 is 2.24 bits per heavy atom. The van der Waals surface area contributed by atoms with E-state index in [0.29, 0.717) is 11.5 Å². The van der Waals surface area contributed by atoms with Crippen molar-refractivity contribution in [2.75, 3.05) is 16.4 Å². The van der Waals surface area contributed by atoms with Gasteiger partial charge in [-0.15, -0.1) is 0 Å². The second kappa shape index (κ2) is 5.58. The van der Waals surface area contributed by atoms with Crippen LogP contribution in [-0.4, -0.2) is 20.5 Å². The van der Waals surface area contributed by atoms with Crippen molar-refractivity contribution >= 4 is 23.1 Å². The lowest BCUT2D eigenvalue weighted by Crippen LogP contribution is -2.55. The zero-order valence-electron chi connectivity index (χ0n) is 14.3. The highest BCUT2D eigenvalue weighted by Crippen LogP contribution is 2.56. The highest BCUT2D eigenvalue weighted by molar-refractivity contribution is 5.77. The highest BCUT2D eigenvalue weighted by atomic mass is 15.1. The van der Waals surface area contributed by atoms with Crippen LogP contribution in [0.25, 0.3) is 0 Å². The van der Waals surface area contributed by atoms with Crippen LogP contribution < -0.4 is 16.4 Å². The third-order valence-electron chi connectivity index (χ3n) is 6.22. The molecule has 0 aliphatic heterocycles. The molecule has 4 aliphatic carbocycles. The van der Waals surface area contributed by atoms with Gasteiger partial charge in [0.15, 0.2) is 11.6 Å². The third-order valence-corrected chi connectivity index (χ3v) is 6.22. The van der Waals surface area contributed by atoms with E-state index in [9.17, 15) is 0 Å². The summed E-state index contributed by atoms with van der Waals surface area (Å²) >= 11 is 0. The monoisotopic (exact) mass is 336 g/mol. The third kappa shape index (κ3) is 2.69. The van der Waals surface area contributed by atoms with Crippen LogP contribution in [0.3, 0.4) is 0 Å². The minimum absolute atomic E-state index is 0.180. The molecule has 0 saturated heterocycles. The van der Waals surface area contributed by atoms with Gasteiger partial charge in [0, 0.05) is 11.7 Å². The molecular weight excluding hydrogens is 312 g/mol. The van der Waals surface area contributed by atoms with Gasteiger partial charge in [-0.25, -0.2) is 15.0 Å². The molecule has 2 aromatic heterocycles. The molecule has 6 heteroatoms. The number of nitrogens with one attached hydrogen (secondary N) is 2.